The van der Waals surface area contributed by atoms with Crippen LogP contribution in [0.5, 0.6) is 0 Å². The molecular weight excluding hydrogens is 180 g/mol. The maximum Gasteiger partial charge on any atom is 0.224 e. The number of rotatable bonds is 6. The topological polar surface area (TPSA) is 52.0 Å². The minimum Gasteiger partial charge on any atom is -0.382 e. The Morgan fingerprint density at radius 3 is 2.79 bits per heavy atom. The van der Waals surface area contributed by atoms with Crippen LogP contribution in [-0.4, -0.2) is 35.0 Å². The predicted octanol–water partition coefficient (Wildman–Crippen LogP) is 0.826. The molecule has 0 aliphatic heterocycles. The fraction of sp³-hybridized carbons (Fsp3) is 0.778. The van der Waals surface area contributed by atoms with Crippen LogP contribution >= 0.6 is 0 Å². The van der Waals surface area contributed by atoms with Crippen LogP contribution in [0.15, 0.2) is 0 Å². The average Bonchev–Trinajstić information content (AvgIpc) is 2.55. The number of ether oxygens (including phenoxy) is 1. The van der Waals surface area contributed by atoms with Crippen molar-refractivity contribution >= 4 is 5.95 Å². The highest BCUT2D eigenvalue weighted by Gasteiger charge is 2.05. The summed E-state index contributed by atoms with van der Waals surface area (Å²) in [6.07, 6.45) is 1.90. The van der Waals surface area contributed by atoms with Crippen molar-refractivity contribution in [2.45, 2.75) is 19.8 Å². The quantitative estimate of drug-likeness (QED) is 0.688. The Kier molecular flexibility index (Phi) is 4.39. The highest BCUT2D eigenvalue weighted by molar-refractivity contribution is 5.23. The fourth-order valence-electron chi connectivity index (χ4n) is 1.27. The molecule has 0 aromatic carbocycles. The number of nitrogens with one attached hydrogen (secondary N) is 1. The molecule has 0 atom stereocenters. The van der Waals surface area contributed by atoms with E-state index in [0.717, 1.165) is 37.8 Å². The van der Waals surface area contributed by atoms with Crippen LogP contribution in [0, 0.1) is 0 Å². The zero-order valence-corrected chi connectivity index (χ0v) is 9.08. The van der Waals surface area contributed by atoms with Crippen LogP contribution in [0.3, 0.4) is 0 Å². The Morgan fingerprint density at radius 2 is 2.21 bits per heavy atom. The lowest BCUT2D eigenvalue weighted by Crippen LogP contribution is -2.04. The number of nitrogens with zero attached hydrogens (tertiary/aromatic N) is 3. The van der Waals surface area contributed by atoms with Crippen LogP contribution in [0.2, 0.25) is 0 Å². The molecule has 0 fully saturated rings. The Morgan fingerprint density at radius 1 is 1.43 bits per heavy atom. The van der Waals surface area contributed by atoms with Crippen molar-refractivity contribution in [2.24, 2.45) is 7.05 Å². The van der Waals surface area contributed by atoms with Gasteiger partial charge in [-0.2, -0.15) is 0 Å². The standard InChI is InChI=1S/C9H18N4O/c1-4-14-7-5-6-8-11-12-9(10-2)13(8)3/h4-7H2,1-3H3,(H,10,12). The second kappa shape index (κ2) is 5.59. The maximum absolute atomic E-state index is 5.26. The number of hydrogen-bond donors (Lipinski definition) is 1. The Bertz CT molecular complexity index is 272. The molecule has 0 bridgehead atoms. The molecule has 0 spiro atoms. The molecule has 0 radical (unpaired) electrons. The predicted molar refractivity (Wildman–Crippen MR) is 55.4 cm³/mol. The Hall–Kier alpha value is -1.10. The van der Waals surface area contributed by atoms with Gasteiger partial charge in [0.2, 0.25) is 5.95 Å². The number of aryl methyl sites for hydroxylation is 1. The van der Waals surface area contributed by atoms with E-state index in [0.29, 0.717) is 0 Å². The SMILES string of the molecule is CCOCCCc1nnc(NC)n1C. The molecule has 0 unspecified atom stereocenters. The first kappa shape index (κ1) is 11.0. The zero-order valence-electron chi connectivity index (χ0n) is 9.08. The minimum absolute atomic E-state index is 0.778. The third-order valence-electron chi connectivity index (χ3n) is 2.08. The molecule has 14 heavy (non-hydrogen) atoms. The van der Waals surface area contributed by atoms with Gasteiger partial charge in [0.25, 0.3) is 0 Å². The summed E-state index contributed by atoms with van der Waals surface area (Å²) in [5.41, 5.74) is 0. The summed E-state index contributed by atoms with van der Waals surface area (Å²) in [7, 11) is 3.80. The smallest absolute Gasteiger partial charge is 0.224 e. The first-order chi connectivity index (χ1) is 6.79. The number of anilines is 1. The molecular formula is C9H18N4O. The van der Waals surface area contributed by atoms with Gasteiger partial charge in [0.05, 0.1) is 0 Å². The fourth-order valence-corrected chi connectivity index (χ4v) is 1.27. The van der Waals surface area contributed by atoms with Crippen molar-refractivity contribution in [2.75, 3.05) is 25.6 Å². The Balaban J connectivity index is 2.39. The summed E-state index contributed by atoms with van der Waals surface area (Å²) in [5.74, 6) is 1.80. The molecule has 0 aliphatic carbocycles. The van der Waals surface area contributed by atoms with E-state index in [1.54, 1.807) is 0 Å². The van der Waals surface area contributed by atoms with Crippen LogP contribution in [-0.2, 0) is 18.2 Å². The summed E-state index contributed by atoms with van der Waals surface area (Å²) >= 11 is 0. The number of aromatic nitrogens is 3. The van der Waals surface area contributed by atoms with Gasteiger partial charge in [0, 0.05) is 33.7 Å². The largest absolute Gasteiger partial charge is 0.382 e. The highest BCUT2D eigenvalue weighted by Crippen LogP contribution is 2.05. The molecule has 1 heterocycles. The van der Waals surface area contributed by atoms with Crippen molar-refractivity contribution in [3.63, 3.8) is 0 Å². The van der Waals surface area contributed by atoms with Crippen molar-refractivity contribution in [1.82, 2.24) is 14.8 Å². The third-order valence-corrected chi connectivity index (χ3v) is 2.08. The number of hydrogen-bond acceptors (Lipinski definition) is 4. The average molecular weight is 198 g/mol. The van der Waals surface area contributed by atoms with Gasteiger partial charge in [0.15, 0.2) is 0 Å². The molecule has 0 saturated carbocycles. The summed E-state index contributed by atoms with van der Waals surface area (Å²) < 4.78 is 7.22. The molecule has 1 N–H and O–H groups in total. The summed E-state index contributed by atoms with van der Waals surface area (Å²) in [6.45, 7) is 3.57. The summed E-state index contributed by atoms with van der Waals surface area (Å²) in [6, 6.07) is 0. The van der Waals surface area contributed by atoms with E-state index in [1.807, 2.05) is 25.6 Å². The van der Waals surface area contributed by atoms with Crippen molar-refractivity contribution < 1.29 is 4.74 Å². The molecule has 1 aromatic rings. The second-order valence-electron chi connectivity index (χ2n) is 3.05. The summed E-state index contributed by atoms with van der Waals surface area (Å²) in [4.78, 5) is 0. The maximum atomic E-state index is 5.26. The van der Waals surface area contributed by atoms with E-state index in [1.165, 1.54) is 0 Å². The lowest BCUT2D eigenvalue weighted by atomic mass is 10.3. The van der Waals surface area contributed by atoms with Gasteiger partial charge >= 0.3 is 0 Å². The van der Waals surface area contributed by atoms with E-state index in [2.05, 4.69) is 15.5 Å². The van der Waals surface area contributed by atoms with Crippen LogP contribution in [0.25, 0.3) is 0 Å². The van der Waals surface area contributed by atoms with Crippen LogP contribution in [0.4, 0.5) is 5.95 Å². The second-order valence-corrected chi connectivity index (χ2v) is 3.05. The highest BCUT2D eigenvalue weighted by atomic mass is 16.5. The first-order valence-corrected chi connectivity index (χ1v) is 4.93. The van der Waals surface area contributed by atoms with Crippen LogP contribution < -0.4 is 5.32 Å². The van der Waals surface area contributed by atoms with Crippen molar-refractivity contribution in [3.05, 3.63) is 5.82 Å². The normalized spacial score (nSPS) is 10.5. The minimum atomic E-state index is 0.778. The molecule has 80 valence electrons. The van der Waals surface area contributed by atoms with Gasteiger partial charge in [-0.3, -0.25) is 0 Å². The lowest BCUT2D eigenvalue weighted by molar-refractivity contribution is 0.144. The molecule has 0 amide bonds. The molecule has 5 nitrogen and oxygen atoms in total. The Labute approximate surface area is 84.5 Å². The van der Waals surface area contributed by atoms with Gasteiger partial charge < -0.3 is 14.6 Å². The van der Waals surface area contributed by atoms with Gasteiger partial charge in [-0.25, -0.2) is 0 Å². The van der Waals surface area contributed by atoms with Gasteiger partial charge in [-0.1, -0.05) is 0 Å². The first-order valence-electron chi connectivity index (χ1n) is 4.93. The van der Waals surface area contributed by atoms with E-state index >= 15 is 0 Å². The van der Waals surface area contributed by atoms with Crippen molar-refractivity contribution in [1.29, 1.82) is 0 Å². The third kappa shape index (κ3) is 2.70. The molecule has 0 saturated heterocycles. The van der Waals surface area contributed by atoms with Crippen LogP contribution in [0.1, 0.15) is 19.2 Å². The zero-order chi connectivity index (χ0) is 10.4. The van der Waals surface area contributed by atoms with E-state index in [4.69, 9.17) is 4.74 Å². The molecule has 0 aliphatic rings. The van der Waals surface area contributed by atoms with Gasteiger partial charge in [-0.15, -0.1) is 10.2 Å². The monoisotopic (exact) mass is 198 g/mol. The van der Waals surface area contributed by atoms with E-state index in [9.17, 15) is 0 Å². The van der Waals surface area contributed by atoms with Crippen molar-refractivity contribution in [3.8, 4) is 0 Å². The molecule has 1 aromatic heterocycles. The van der Waals surface area contributed by atoms with E-state index in [-0.39, 0.29) is 0 Å². The molecule has 1 rings (SSSR count). The molecule has 5 heteroatoms. The van der Waals surface area contributed by atoms with Gasteiger partial charge in [0.1, 0.15) is 5.82 Å². The summed E-state index contributed by atoms with van der Waals surface area (Å²) in [5, 5.41) is 11.0. The van der Waals surface area contributed by atoms with E-state index < -0.39 is 0 Å². The lowest BCUT2D eigenvalue weighted by Gasteiger charge is -2.03. The van der Waals surface area contributed by atoms with Gasteiger partial charge in [-0.05, 0) is 13.3 Å².